The minimum Gasteiger partial charge on any atom is -0.478 e. The fourth-order valence-electron chi connectivity index (χ4n) is 2.31. The Morgan fingerprint density at radius 2 is 1.95 bits per heavy atom. The molecule has 0 aliphatic heterocycles. The summed E-state index contributed by atoms with van der Waals surface area (Å²) in [7, 11) is -3.72. The average molecular weight is 297 g/mol. The second-order valence-corrected chi connectivity index (χ2v) is 7.54. The van der Waals surface area contributed by atoms with E-state index in [1.165, 1.54) is 18.2 Å². The van der Waals surface area contributed by atoms with Crippen LogP contribution in [0, 0.1) is 12.8 Å². The second-order valence-electron chi connectivity index (χ2n) is 5.89. The van der Waals surface area contributed by atoms with E-state index in [0.29, 0.717) is 11.5 Å². The van der Waals surface area contributed by atoms with Crippen LogP contribution in [0.5, 0.6) is 0 Å². The van der Waals surface area contributed by atoms with E-state index in [0.717, 1.165) is 12.8 Å². The molecule has 2 rings (SSSR count). The smallest absolute Gasteiger partial charge is 0.335 e. The fourth-order valence-corrected chi connectivity index (χ4v) is 4.06. The molecule has 1 aromatic rings. The van der Waals surface area contributed by atoms with Crippen LogP contribution in [0.1, 0.15) is 42.6 Å². The Bertz CT molecular complexity index is 645. The Kier molecular flexibility index (Phi) is 3.64. The van der Waals surface area contributed by atoms with Gasteiger partial charge in [-0.25, -0.2) is 17.9 Å². The fraction of sp³-hybridized carbons (Fsp3) is 0.500. The van der Waals surface area contributed by atoms with Crippen LogP contribution in [0.2, 0.25) is 0 Å². The van der Waals surface area contributed by atoms with Gasteiger partial charge in [0.2, 0.25) is 10.0 Å². The van der Waals surface area contributed by atoms with Gasteiger partial charge >= 0.3 is 5.97 Å². The molecule has 1 aliphatic carbocycles. The number of nitrogens with one attached hydrogen (secondary N) is 1. The van der Waals surface area contributed by atoms with Crippen molar-refractivity contribution in [1.82, 2.24) is 4.72 Å². The maximum atomic E-state index is 12.5. The van der Waals surface area contributed by atoms with Crippen molar-refractivity contribution >= 4 is 16.0 Å². The number of sulfonamides is 1. The summed E-state index contributed by atoms with van der Waals surface area (Å²) in [6.45, 7) is 5.38. The molecular formula is C14H19NO4S. The lowest BCUT2D eigenvalue weighted by atomic mass is 10.0. The van der Waals surface area contributed by atoms with Gasteiger partial charge < -0.3 is 5.11 Å². The Labute approximate surface area is 119 Å². The highest BCUT2D eigenvalue weighted by Gasteiger charge is 2.40. The molecule has 0 aromatic heterocycles. The highest BCUT2D eigenvalue weighted by atomic mass is 32.2. The van der Waals surface area contributed by atoms with Gasteiger partial charge in [0, 0.05) is 5.54 Å². The van der Waals surface area contributed by atoms with Gasteiger partial charge in [0.1, 0.15) is 0 Å². The summed E-state index contributed by atoms with van der Waals surface area (Å²) in [6, 6.07) is 4.13. The molecule has 0 atom stereocenters. The van der Waals surface area contributed by atoms with E-state index in [-0.39, 0.29) is 10.5 Å². The van der Waals surface area contributed by atoms with Crippen molar-refractivity contribution < 1.29 is 18.3 Å². The van der Waals surface area contributed by atoms with Crippen molar-refractivity contribution in [2.45, 2.75) is 44.0 Å². The maximum Gasteiger partial charge on any atom is 0.335 e. The van der Waals surface area contributed by atoms with Gasteiger partial charge in [-0.1, -0.05) is 6.07 Å². The third-order valence-corrected chi connectivity index (χ3v) is 5.53. The van der Waals surface area contributed by atoms with Gasteiger partial charge in [-0.3, -0.25) is 0 Å². The third-order valence-electron chi connectivity index (χ3n) is 3.72. The first-order valence-corrected chi connectivity index (χ1v) is 8.00. The topological polar surface area (TPSA) is 83.5 Å². The molecule has 20 heavy (non-hydrogen) atoms. The molecule has 1 aromatic carbocycles. The molecule has 0 heterocycles. The molecule has 2 N–H and O–H groups in total. The molecule has 110 valence electrons. The van der Waals surface area contributed by atoms with Crippen LogP contribution < -0.4 is 4.72 Å². The van der Waals surface area contributed by atoms with Crippen LogP contribution in [-0.4, -0.2) is 25.0 Å². The maximum absolute atomic E-state index is 12.5. The van der Waals surface area contributed by atoms with Crippen molar-refractivity contribution in [3.63, 3.8) is 0 Å². The van der Waals surface area contributed by atoms with Crippen LogP contribution >= 0.6 is 0 Å². The van der Waals surface area contributed by atoms with Crippen LogP contribution in [0.25, 0.3) is 0 Å². The second kappa shape index (κ2) is 4.86. The van der Waals surface area contributed by atoms with Gasteiger partial charge in [0.25, 0.3) is 0 Å². The van der Waals surface area contributed by atoms with Crippen molar-refractivity contribution in [2.75, 3.05) is 0 Å². The van der Waals surface area contributed by atoms with Crippen LogP contribution in [-0.2, 0) is 10.0 Å². The van der Waals surface area contributed by atoms with E-state index in [9.17, 15) is 13.2 Å². The molecule has 0 saturated heterocycles. The molecule has 0 unspecified atom stereocenters. The lowest BCUT2D eigenvalue weighted by Gasteiger charge is -2.26. The Balaban J connectivity index is 2.38. The van der Waals surface area contributed by atoms with E-state index in [4.69, 9.17) is 5.11 Å². The molecular weight excluding hydrogens is 278 g/mol. The number of hydrogen-bond acceptors (Lipinski definition) is 3. The number of aryl methyl sites for hydroxylation is 1. The van der Waals surface area contributed by atoms with E-state index < -0.39 is 21.5 Å². The summed E-state index contributed by atoms with van der Waals surface area (Å²) >= 11 is 0. The predicted molar refractivity (Wildman–Crippen MR) is 75.3 cm³/mol. The quantitative estimate of drug-likeness (QED) is 0.872. The minimum atomic E-state index is -3.72. The molecule has 1 aliphatic rings. The summed E-state index contributed by atoms with van der Waals surface area (Å²) in [5.41, 5.74) is -0.000812. The summed E-state index contributed by atoms with van der Waals surface area (Å²) in [5, 5.41) is 8.98. The minimum absolute atomic E-state index is 0.0276. The highest BCUT2D eigenvalue weighted by Crippen LogP contribution is 2.40. The zero-order chi connectivity index (χ0) is 15.1. The lowest BCUT2D eigenvalue weighted by molar-refractivity contribution is 0.0696. The summed E-state index contributed by atoms with van der Waals surface area (Å²) in [6.07, 6.45) is 2.04. The first-order chi connectivity index (χ1) is 9.13. The predicted octanol–water partition coefficient (Wildman–Crippen LogP) is 2.16. The van der Waals surface area contributed by atoms with Crippen LogP contribution in [0.15, 0.2) is 23.1 Å². The Hall–Kier alpha value is -1.40. The molecule has 0 radical (unpaired) electrons. The standard InChI is InChI=1S/C14H19NO4S/c1-9-4-5-10(13(16)17)8-12(9)20(18,19)15-14(2,3)11-6-7-11/h4-5,8,11,15H,6-7H2,1-3H3,(H,16,17). The van der Waals surface area contributed by atoms with E-state index in [1.54, 1.807) is 6.92 Å². The van der Waals surface area contributed by atoms with Gasteiger partial charge in [0.15, 0.2) is 0 Å². The van der Waals surface area contributed by atoms with Crippen molar-refractivity contribution in [3.8, 4) is 0 Å². The van der Waals surface area contributed by atoms with Crippen LogP contribution in [0.4, 0.5) is 0 Å². The molecule has 5 nitrogen and oxygen atoms in total. The summed E-state index contributed by atoms with van der Waals surface area (Å²) in [5.74, 6) is -0.789. The number of carbonyl (C=O) groups is 1. The van der Waals surface area contributed by atoms with Crippen LogP contribution in [0.3, 0.4) is 0 Å². The van der Waals surface area contributed by atoms with Crippen molar-refractivity contribution in [2.24, 2.45) is 5.92 Å². The van der Waals surface area contributed by atoms with Crippen molar-refractivity contribution in [3.05, 3.63) is 29.3 Å². The van der Waals surface area contributed by atoms with Crippen molar-refractivity contribution in [1.29, 1.82) is 0 Å². The molecule has 1 fully saturated rings. The molecule has 0 amide bonds. The third kappa shape index (κ3) is 3.02. The van der Waals surface area contributed by atoms with Gasteiger partial charge in [-0.05, 0) is 57.2 Å². The first-order valence-electron chi connectivity index (χ1n) is 6.51. The highest BCUT2D eigenvalue weighted by molar-refractivity contribution is 7.89. The van der Waals surface area contributed by atoms with Gasteiger partial charge in [-0.15, -0.1) is 0 Å². The number of carboxylic acids is 1. The Morgan fingerprint density at radius 3 is 2.45 bits per heavy atom. The zero-order valence-corrected chi connectivity index (χ0v) is 12.6. The first kappa shape index (κ1) is 15.0. The normalized spacial score (nSPS) is 16.1. The van der Waals surface area contributed by atoms with E-state index in [1.807, 2.05) is 13.8 Å². The molecule has 0 spiro atoms. The monoisotopic (exact) mass is 297 g/mol. The van der Waals surface area contributed by atoms with E-state index in [2.05, 4.69) is 4.72 Å². The van der Waals surface area contributed by atoms with Gasteiger partial charge in [0.05, 0.1) is 10.5 Å². The number of carboxylic acid groups (broad SMARTS) is 1. The largest absolute Gasteiger partial charge is 0.478 e. The summed E-state index contributed by atoms with van der Waals surface area (Å²) < 4.78 is 27.6. The number of benzene rings is 1. The van der Waals surface area contributed by atoms with Gasteiger partial charge in [-0.2, -0.15) is 0 Å². The average Bonchev–Trinajstić information content (AvgIpc) is 3.11. The SMILES string of the molecule is Cc1ccc(C(=O)O)cc1S(=O)(=O)NC(C)(C)C1CC1. The molecule has 6 heteroatoms. The Morgan fingerprint density at radius 1 is 1.35 bits per heavy atom. The number of rotatable bonds is 5. The zero-order valence-electron chi connectivity index (χ0n) is 11.8. The van der Waals surface area contributed by atoms with E-state index >= 15 is 0 Å². The summed E-state index contributed by atoms with van der Waals surface area (Å²) in [4.78, 5) is 11.0. The lowest BCUT2D eigenvalue weighted by Crippen LogP contribution is -2.45. The molecule has 1 saturated carbocycles. The number of aromatic carboxylic acids is 1. The molecule has 0 bridgehead atoms. The number of hydrogen-bond donors (Lipinski definition) is 2.